The highest BCUT2D eigenvalue weighted by atomic mass is 35.5. The molecule has 2 aromatic rings. The zero-order chi connectivity index (χ0) is 14.0. The molecule has 0 unspecified atom stereocenters. The van der Waals surface area contributed by atoms with Crippen molar-refractivity contribution in [2.75, 3.05) is 11.1 Å². The van der Waals surface area contributed by atoms with E-state index < -0.39 is 11.7 Å². The van der Waals surface area contributed by atoms with E-state index in [1.165, 1.54) is 12.1 Å². The maximum Gasteiger partial charge on any atom is 0.256 e. The second kappa shape index (κ2) is 5.28. The molecule has 0 spiro atoms. The van der Waals surface area contributed by atoms with Gasteiger partial charge >= 0.3 is 0 Å². The summed E-state index contributed by atoms with van der Waals surface area (Å²) in [4.78, 5) is 12.1. The Morgan fingerprint density at radius 1 is 1.26 bits per heavy atom. The Bertz CT molecular complexity index is 643. The molecule has 1 amide bonds. The van der Waals surface area contributed by atoms with Crippen molar-refractivity contribution in [1.82, 2.24) is 0 Å². The third kappa shape index (κ3) is 3.03. The van der Waals surface area contributed by atoms with E-state index in [2.05, 4.69) is 5.32 Å². The molecule has 5 heteroatoms. The molecule has 0 aliphatic carbocycles. The first-order valence-electron chi connectivity index (χ1n) is 5.60. The Morgan fingerprint density at radius 3 is 2.74 bits per heavy atom. The Morgan fingerprint density at radius 2 is 2.00 bits per heavy atom. The predicted octanol–water partition coefficient (Wildman–Crippen LogP) is 3.62. The van der Waals surface area contributed by atoms with E-state index in [9.17, 15) is 9.18 Å². The van der Waals surface area contributed by atoms with Gasteiger partial charge in [0, 0.05) is 11.3 Å². The normalized spacial score (nSPS) is 10.3. The molecule has 0 saturated heterocycles. The van der Waals surface area contributed by atoms with Gasteiger partial charge in [0.25, 0.3) is 5.91 Å². The van der Waals surface area contributed by atoms with Gasteiger partial charge in [-0.3, -0.25) is 4.79 Å². The molecule has 0 fully saturated rings. The summed E-state index contributed by atoms with van der Waals surface area (Å²) >= 11 is 5.95. The van der Waals surface area contributed by atoms with Crippen molar-refractivity contribution in [1.29, 1.82) is 0 Å². The maximum atomic E-state index is 13.2. The molecule has 2 aromatic carbocycles. The molecule has 0 aliphatic heterocycles. The van der Waals surface area contributed by atoms with E-state index in [1.807, 2.05) is 0 Å². The minimum absolute atomic E-state index is 0.262. The largest absolute Gasteiger partial charge is 0.399 e. The van der Waals surface area contributed by atoms with Gasteiger partial charge in [0.2, 0.25) is 0 Å². The smallest absolute Gasteiger partial charge is 0.256 e. The number of nitrogens with one attached hydrogen (secondary N) is 1. The minimum Gasteiger partial charge on any atom is -0.399 e. The van der Waals surface area contributed by atoms with Crippen LogP contribution in [0.3, 0.4) is 0 Å². The first-order valence-corrected chi connectivity index (χ1v) is 5.97. The third-order valence-corrected chi connectivity index (χ3v) is 3.01. The van der Waals surface area contributed by atoms with E-state index in [4.69, 9.17) is 17.3 Å². The Kier molecular flexibility index (Phi) is 3.71. The lowest BCUT2D eigenvalue weighted by Gasteiger charge is -2.10. The van der Waals surface area contributed by atoms with E-state index in [0.29, 0.717) is 22.0 Å². The summed E-state index contributed by atoms with van der Waals surface area (Å²) in [6.45, 7) is 1.73. The van der Waals surface area contributed by atoms with E-state index in [1.54, 1.807) is 31.2 Å². The highest BCUT2D eigenvalue weighted by Gasteiger charge is 2.12. The molecule has 3 nitrogen and oxygen atoms in total. The average molecular weight is 279 g/mol. The van der Waals surface area contributed by atoms with Crippen molar-refractivity contribution in [3.8, 4) is 0 Å². The molecule has 0 saturated carbocycles. The van der Waals surface area contributed by atoms with Gasteiger partial charge in [0.1, 0.15) is 5.82 Å². The summed E-state index contributed by atoms with van der Waals surface area (Å²) in [6.07, 6.45) is 0. The van der Waals surface area contributed by atoms with Crippen LogP contribution in [0.4, 0.5) is 15.8 Å². The summed E-state index contributed by atoms with van der Waals surface area (Å²) in [5.74, 6) is -0.890. The number of hydrogen-bond donors (Lipinski definition) is 2. The van der Waals surface area contributed by atoms with Crippen LogP contribution in [0.15, 0.2) is 36.4 Å². The maximum absolute atomic E-state index is 13.2. The van der Waals surface area contributed by atoms with Gasteiger partial charge in [0.15, 0.2) is 0 Å². The molecule has 98 valence electrons. The number of benzene rings is 2. The molecule has 3 N–H and O–H groups in total. The number of carbonyl (C=O) groups is 1. The molecule has 0 bridgehead atoms. The third-order valence-electron chi connectivity index (χ3n) is 2.68. The van der Waals surface area contributed by atoms with Gasteiger partial charge in [0.05, 0.1) is 10.7 Å². The SMILES string of the molecule is Cc1ccc(F)cc1C(=O)Nc1cc(N)ccc1Cl. The first-order chi connectivity index (χ1) is 8.97. The zero-order valence-electron chi connectivity index (χ0n) is 10.2. The van der Waals surface area contributed by atoms with E-state index >= 15 is 0 Å². The quantitative estimate of drug-likeness (QED) is 0.824. The van der Waals surface area contributed by atoms with E-state index in [-0.39, 0.29) is 5.56 Å². The monoisotopic (exact) mass is 278 g/mol. The van der Waals surface area contributed by atoms with Crippen molar-refractivity contribution < 1.29 is 9.18 Å². The van der Waals surface area contributed by atoms with Crippen molar-refractivity contribution in [3.63, 3.8) is 0 Å². The van der Waals surface area contributed by atoms with Crippen LogP contribution in [0.2, 0.25) is 5.02 Å². The number of hydrogen-bond acceptors (Lipinski definition) is 2. The number of aryl methyl sites for hydroxylation is 1. The Hall–Kier alpha value is -2.07. The van der Waals surface area contributed by atoms with Crippen LogP contribution in [-0.2, 0) is 0 Å². The minimum atomic E-state index is -0.463. The standard InChI is InChI=1S/C14H12ClFN2O/c1-8-2-3-9(16)6-11(8)14(19)18-13-7-10(17)4-5-12(13)15/h2-7H,17H2,1H3,(H,18,19). The van der Waals surface area contributed by atoms with Crippen LogP contribution < -0.4 is 11.1 Å². The predicted molar refractivity (Wildman–Crippen MR) is 75.0 cm³/mol. The number of anilines is 2. The number of carbonyl (C=O) groups excluding carboxylic acids is 1. The lowest BCUT2D eigenvalue weighted by Crippen LogP contribution is -2.14. The van der Waals surface area contributed by atoms with Gasteiger partial charge in [-0.2, -0.15) is 0 Å². The van der Waals surface area contributed by atoms with Gasteiger partial charge in [-0.1, -0.05) is 17.7 Å². The molecule has 0 heterocycles. The number of halogens is 2. The fraction of sp³-hybridized carbons (Fsp3) is 0.0714. The average Bonchev–Trinajstić information content (AvgIpc) is 2.36. The highest BCUT2D eigenvalue weighted by molar-refractivity contribution is 6.34. The number of nitrogens with two attached hydrogens (primary N) is 1. The van der Waals surface area contributed by atoms with Crippen molar-refractivity contribution in [2.45, 2.75) is 6.92 Å². The van der Waals surface area contributed by atoms with Crippen molar-refractivity contribution >= 4 is 28.9 Å². The summed E-state index contributed by atoms with van der Waals surface area (Å²) in [6, 6.07) is 8.81. The number of amides is 1. The summed E-state index contributed by atoms with van der Waals surface area (Å²) in [7, 11) is 0. The van der Waals surface area contributed by atoms with Crippen LogP contribution in [-0.4, -0.2) is 5.91 Å². The Balaban J connectivity index is 2.30. The molecule has 0 atom stereocenters. The second-order valence-electron chi connectivity index (χ2n) is 4.15. The summed E-state index contributed by atoms with van der Waals surface area (Å²) in [5.41, 5.74) is 7.45. The number of nitrogen functional groups attached to an aromatic ring is 1. The number of rotatable bonds is 2. The van der Waals surface area contributed by atoms with Gasteiger partial charge in [-0.15, -0.1) is 0 Å². The van der Waals surface area contributed by atoms with Crippen LogP contribution in [0, 0.1) is 12.7 Å². The molecule has 2 rings (SSSR count). The lowest BCUT2D eigenvalue weighted by molar-refractivity contribution is 0.102. The topological polar surface area (TPSA) is 55.1 Å². The van der Waals surface area contributed by atoms with Gasteiger partial charge in [-0.25, -0.2) is 4.39 Å². The molecule has 0 radical (unpaired) electrons. The molecular weight excluding hydrogens is 267 g/mol. The second-order valence-corrected chi connectivity index (χ2v) is 4.56. The summed E-state index contributed by atoms with van der Waals surface area (Å²) in [5, 5.41) is 2.99. The fourth-order valence-corrected chi connectivity index (χ4v) is 1.83. The van der Waals surface area contributed by atoms with Crippen molar-refractivity contribution in [3.05, 3.63) is 58.4 Å². The summed E-state index contributed by atoms with van der Waals surface area (Å²) < 4.78 is 13.2. The van der Waals surface area contributed by atoms with Crippen LogP contribution in [0.5, 0.6) is 0 Å². The first kappa shape index (κ1) is 13.4. The lowest BCUT2D eigenvalue weighted by atomic mass is 10.1. The fourth-order valence-electron chi connectivity index (χ4n) is 1.67. The zero-order valence-corrected chi connectivity index (χ0v) is 11.0. The Labute approximate surface area is 115 Å². The van der Waals surface area contributed by atoms with Crippen molar-refractivity contribution in [2.24, 2.45) is 0 Å². The molecule has 0 aromatic heterocycles. The van der Waals surface area contributed by atoms with E-state index in [0.717, 1.165) is 0 Å². The molecular formula is C14H12ClFN2O. The molecule has 0 aliphatic rings. The molecule has 19 heavy (non-hydrogen) atoms. The van der Waals surface area contributed by atoms with Crippen LogP contribution >= 0.6 is 11.6 Å². The van der Waals surface area contributed by atoms with Gasteiger partial charge < -0.3 is 11.1 Å². The van der Waals surface area contributed by atoms with Gasteiger partial charge in [-0.05, 0) is 42.8 Å². The van der Waals surface area contributed by atoms with Crippen LogP contribution in [0.1, 0.15) is 15.9 Å². The van der Waals surface area contributed by atoms with Crippen LogP contribution in [0.25, 0.3) is 0 Å². The highest BCUT2D eigenvalue weighted by Crippen LogP contribution is 2.25.